The zero-order chi connectivity index (χ0) is 12.2. The molecule has 0 amide bonds. The molecule has 17 heavy (non-hydrogen) atoms. The lowest BCUT2D eigenvalue weighted by Gasteiger charge is -2.34. The molecular formula is C14H21N3. The molecule has 2 aliphatic rings. The Balaban J connectivity index is 2.02. The third kappa shape index (κ3) is 1.68. The van der Waals surface area contributed by atoms with Crippen molar-refractivity contribution in [2.45, 2.75) is 64.6 Å². The lowest BCUT2D eigenvalue weighted by Crippen LogP contribution is -2.40. The van der Waals surface area contributed by atoms with E-state index in [0.29, 0.717) is 12.0 Å². The van der Waals surface area contributed by atoms with Crippen LogP contribution in [-0.2, 0) is 12.1 Å². The summed E-state index contributed by atoms with van der Waals surface area (Å²) in [5, 5.41) is 0. The summed E-state index contributed by atoms with van der Waals surface area (Å²) in [5.41, 5.74) is 2.62. The van der Waals surface area contributed by atoms with Crippen molar-refractivity contribution >= 4 is 0 Å². The minimum atomic E-state index is 0.0517. The highest BCUT2D eigenvalue weighted by atomic mass is 15.2. The van der Waals surface area contributed by atoms with Gasteiger partial charge in [0.2, 0.25) is 0 Å². The van der Waals surface area contributed by atoms with Crippen molar-refractivity contribution in [1.82, 2.24) is 14.9 Å². The molecule has 0 N–H and O–H groups in total. The van der Waals surface area contributed by atoms with E-state index < -0.39 is 0 Å². The molecule has 3 nitrogen and oxygen atoms in total. The molecule has 1 aromatic heterocycles. The maximum atomic E-state index is 4.85. The Kier molecular flexibility index (Phi) is 2.31. The van der Waals surface area contributed by atoms with Crippen molar-refractivity contribution in [1.29, 1.82) is 0 Å². The van der Waals surface area contributed by atoms with Crippen LogP contribution in [-0.4, -0.2) is 20.9 Å². The van der Waals surface area contributed by atoms with Gasteiger partial charge in [0.1, 0.15) is 5.82 Å². The van der Waals surface area contributed by atoms with Crippen molar-refractivity contribution in [3.8, 4) is 0 Å². The minimum Gasteiger partial charge on any atom is -0.286 e. The molecule has 3 rings (SSSR count). The molecule has 2 heterocycles. The predicted molar refractivity (Wildman–Crippen MR) is 67.7 cm³/mol. The monoisotopic (exact) mass is 231 g/mol. The average molecular weight is 231 g/mol. The summed E-state index contributed by atoms with van der Waals surface area (Å²) < 4.78 is 0. The lowest BCUT2D eigenvalue weighted by molar-refractivity contribution is 0.0955. The topological polar surface area (TPSA) is 29.0 Å². The van der Waals surface area contributed by atoms with Gasteiger partial charge < -0.3 is 0 Å². The molecule has 0 bridgehead atoms. The number of hydrogen-bond acceptors (Lipinski definition) is 3. The third-order valence-electron chi connectivity index (χ3n) is 4.09. The summed E-state index contributed by atoms with van der Waals surface area (Å²) in [4.78, 5) is 11.9. The number of fused-ring (bicyclic) bond motifs is 1. The van der Waals surface area contributed by atoms with E-state index in [1.165, 1.54) is 24.1 Å². The number of hydrogen-bond donors (Lipinski definition) is 0. The molecule has 0 radical (unpaired) electrons. The van der Waals surface area contributed by atoms with Gasteiger partial charge in [0.25, 0.3) is 0 Å². The van der Waals surface area contributed by atoms with E-state index in [0.717, 1.165) is 12.4 Å². The molecule has 92 valence electrons. The summed E-state index contributed by atoms with van der Waals surface area (Å²) in [6, 6.07) is 0.545. The molecule has 1 fully saturated rings. The van der Waals surface area contributed by atoms with Crippen molar-refractivity contribution in [3.05, 3.63) is 23.3 Å². The predicted octanol–water partition coefficient (Wildman–Crippen LogP) is 2.81. The maximum absolute atomic E-state index is 4.85. The van der Waals surface area contributed by atoms with Gasteiger partial charge in [-0.25, -0.2) is 9.97 Å². The first kappa shape index (κ1) is 11.1. The normalized spacial score (nSPS) is 23.1. The maximum Gasteiger partial charge on any atom is 0.131 e. The zero-order valence-corrected chi connectivity index (χ0v) is 11.2. The number of aromatic nitrogens is 2. The van der Waals surface area contributed by atoms with Gasteiger partial charge in [-0.2, -0.15) is 0 Å². The molecule has 1 aliphatic heterocycles. The largest absolute Gasteiger partial charge is 0.286 e. The lowest BCUT2D eigenvalue weighted by atomic mass is 9.99. The van der Waals surface area contributed by atoms with Crippen LogP contribution in [0, 0.1) is 0 Å². The van der Waals surface area contributed by atoms with E-state index in [-0.39, 0.29) is 5.54 Å². The van der Waals surface area contributed by atoms with E-state index in [4.69, 9.17) is 4.98 Å². The Morgan fingerprint density at radius 2 is 2.06 bits per heavy atom. The fourth-order valence-corrected chi connectivity index (χ4v) is 2.95. The number of rotatable bonds is 2. The van der Waals surface area contributed by atoms with Crippen LogP contribution in [0.3, 0.4) is 0 Å². The molecule has 1 aromatic rings. The van der Waals surface area contributed by atoms with E-state index >= 15 is 0 Å². The van der Waals surface area contributed by atoms with Gasteiger partial charge in [0, 0.05) is 30.3 Å². The highest BCUT2D eigenvalue weighted by molar-refractivity contribution is 5.31. The molecule has 3 heteroatoms. The van der Waals surface area contributed by atoms with E-state index in [2.05, 4.69) is 43.8 Å². The first-order valence-electron chi connectivity index (χ1n) is 6.63. The summed E-state index contributed by atoms with van der Waals surface area (Å²) in [5.74, 6) is 1.71. The third-order valence-corrected chi connectivity index (χ3v) is 4.09. The van der Waals surface area contributed by atoms with Gasteiger partial charge in [-0.15, -0.1) is 0 Å². The van der Waals surface area contributed by atoms with Crippen molar-refractivity contribution < 1.29 is 0 Å². The Bertz CT molecular complexity index is 447. The van der Waals surface area contributed by atoms with E-state index in [1.54, 1.807) is 0 Å². The summed E-state index contributed by atoms with van der Waals surface area (Å²) in [6.45, 7) is 10.1. The highest BCUT2D eigenvalue weighted by Crippen LogP contribution is 2.42. The summed E-state index contributed by atoms with van der Waals surface area (Å²) in [7, 11) is 0. The van der Waals surface area contributed by atoms with Crippen LogP contribution in [0.2, 0.25) is 0 Å². The molecule has 1 aliphatic carbocycles. The van der Waals surface area contributed by atoms with Crippen molar-refractivity contribution in [3.63, 3.8) is 0 Å². The standard InChI is InChI=1S/C14H21N3/c1-9(2)17-8-11-7-15-13(10-5-6-10)16-12(11)14(17,3)4/h7,9-10H,5-6,8H2,1-4H3. The summed E-state index contributed by atoms with van der Waals surface area (Å²) in [6.07, 6.45) is 4.60. The average Bonchev–Trinajstić information content (AvgIpc) is 3.05. The summed E-state index contributed by atoms with van der Waals surface area (Å²) >= 11 is 0. The van der Waals surface area contributed by atoms with Crippen LogP contribution in [0.4, 0.5) is 0 Å². The van der Waals surface area contributed by atoms with Crippen molar-refractivity contribution in [2.75, 3.05) is 0 Å². The van der Waals surface area contributed by atoms with Crippen LogP contribution in [0.15, 0.2) is 6.20 Å². The molecule has 0 unspecified atom stereocenters. The minimum absolute atomic E-state index is 0.0517. The van der Waals surface area contributed by atoms with E-state index in [9.17, 15) is 0 Å². The first-order valence-corrected chi connectivity index (χ1v) is 6.63. The van der Waals surface area contributed by atoms with Gasteiger partial charge in [-0.1, -0.05) is 0 Å². The van der Waals surface area contributed by atoms with Crippen LogP contribution in [0.25, 0.3) is 0 Å². The SMILES string of the molecule is CC(C)N1Cc2cnc(C3CC3)nc2C1(C)C. The Morgan fingerprint density at radius 1 is 1.35 bits per heavy atom. The van der Waals surface area contributed by atoms with Crippen molar-refractivity contribution in [2.24, 2.45) is 0 Å². The molecule has 0 atom stereocenters. The molecular weight excluding hydrogens is 210 g/mol. The van der Waals surface area contributed by atoms with Crippen LogP contribution < -0.4 is 0 Å². The van der Waals surface area contributed by atoms with Crippen LogP contribution >= 0.6 is 0 Å². The molecule has 0 saturated heterocycles. The van der Waals surface area contributed by atoms with Gasteiger partial charge in [-0.3, -0.25) is 4.90 Å². The zero-order valence-electron chi connectivity index (χ0n) is 11.2. The Hall–Kier alpha value is -0.960. The Morgan fingerprint density at radius 3 is 2.65 bits per heavy atom. The Labute approximate surface area is 103 Å². The first-order chi connectivity index (χ1) is 8.00. The number of nitrogens with zero attached hydrogens (tertiary/aromatic N) is 3. The quantitative estimate of drug-likeness (QED) is 0.783. The fraction of sp³-hybridized carbons (Fsp3) is 0.714. The fourth-order valence-electron chi connectivity index (χ4n) is 2.95. The second kappa shape index (κ2) is 3.52. The highest BCUT2D eigenvalue weighted by Gasteiger charge is 2.41. The molecule has 0 aromatic carbocycles. The van der Waals surface area contributed by atoms with Gasteiger partial charge in [-0.05, 0) is 40.5 Å². The van der Waals surface area contributed by atoms with Gasteiger partial charge >= 0.3 is 0 Å². The van der Waals surface area contributed by atoms with Gasteiger partial charge in [0.05, 0.1) is 11.2 Å². The molecule has 0 spiro atoms. The second-order valence-corrected chi connectivity index (χ2v) is 6.16. The van der Waals surface area contributed by atoms with Crippen LogP contribution in [0.5, 0.6) is 0 Å². The molecule has 1 saturated carbocycles. The smallest absolute Gasteiger partial charge is 0.131 e. The van der Waals surface area contributed by atoms with Crippen LogP contribution in [0.1, 0.15) is 63.5 Å². The van der Waals surface area contributed by atoms with E-state index in [1.807, 2.05) is 0 Å². The second-order valence-electron chi connectivity index (χ2n) is 6.16. The van der Waals surface area contributed by atoms with Gasteiger partial charge in [0.15, 0.2) is 0 Å².